The smallest absolute Gasteiger partial charge is 0.135 e. The standard InChI is InChI=1S/C18H20N6/c1-13-21-16-4-2-3-15(16)18(22-13)24-9-7-23(8-10-24)17-6-5-14(11-19)12-20-17/h5-6,12H,2-4,7-10H2,1H3. The summed E-state index contributed by atoms with van der Waals surface area (Å²) in [4.78, 5) is 18.4. The molecule has 0 unspecified atom stereocenters. The van der Waals surface area contributed by atoms with Crippen molar-refractivity contribution < 1.29 is 0 Å². The Balaban J connectivity index is 1.49. The van der Waals surface area contributed by atoms with Crippen molar-refractivity contribution in [3.8, 4) is 6.07 Å². The molecule has 0 bridgehead atoms. The van der Waals surface area contributed by atoms with Gasteiger partial charge in [-0.1, -0.05) is 0 Å². The largest absolute Gasteiger partial charge is 0.353 e. The Morgan fingerprint density at radius 3 is 2.54 bits per heavy atom. The van der Waals surface area contributed by atoms with Crippen LogP contribution >= 0.6 is 0 Å². The molecule has 0 amide bonds. The van der Waals surface area contributed by atoms with Gasteiger partial charge in [-0.2, -0.15) is 5.26 Å². The molecular formula is C18H20N6. The molecule has 0 saturated carbocycles. The van der Waals surface area contributed by atoms with Gasteiger partial charge >= 0.3 is 0 Å². The normalized spacial score (nSPS) is 16.8. The van der Waals surface area contributed by atoms with Crippen LogP contribution in [0.25, 0.3) is 0 Å². The third-order valence-corrected chi connectivity index (χ3v) is 4.80. The van der Waals surface area contributed by atoms with Gasteiger partial charge < -0.3 is 9.80 Å². The van der Waals surface area contributed by atoms with Crippen molar-refractivity contribution in [2.24, 2.45) is 0 Å². The van der Waals surface area contributed by atoms with Crippen molar-refractivity contribution in [1.82, 2.24) is 15.0 Å². The highest BCUT2D eigenvalue weighted by Gasteiger charge is 2.25. The Hall–Kier alpha value is -2.68. The molecule has 24 heavy (non-hydrogen) atoms. The number of anilines is 2. The molecule has 2 aliphatic rings. The molecular weight excluding hydrogens is 300 g/mol. The van der Waals surface area contributed by atoms with Gasteiger partial charge in [-0.05, 0) is 38.3 Å². The molecule has 6 heteroatoms. The molecule has 0 radical (unpaired) electrons. The van der Waals surface area contributed by atoms with Gasteiger partial charge in [0.05, 0.1) is 5.56 Å². The highest BCUT2D eigenvalue weighted by molar-refractivity contribution is 5.53. The quantitative estimate of drug-likeness (QED) is 0.841. The molecule has 0 spiro atoms. The number of fused-ring (bicyclic) bond motifs is 1. The maximum Gasteiger partial charge on any atom is 0.135 e. The lowest BCUT2D eigenvalue weighted by Gasteiger charge is -2.36. The first-order valence-corrected chi connectivity index (χ1v) is 8.47. The second-order valence-electron chi connectivity index (χ2n) is 6.36. The summed E-state index contributed by atoms with van der Waals surface area (Å²) in [5, 5.41) is 8.88. The van der Waals surface area contributed by atoms with E-state index in [4.69, 9.17) is 10.2 Å². The fourth-order valence-corrected chi connectivity index (χ4v) is 3.58. The molecule has 1 aliphatic heterocycles. The number of rotatable bonds is 2. The first-order valence-electron chi connectivity index (χ1n) is 8.47. The summed E-state index contributed by atoms with van der Waals surface area (Å²) in [6.07, 6.45) is 5.01. The van der Waals surface area contributed by atoms with E-state index in [0.29, 0.717) is 5.56 Å². The number of piperazine rings is 1. The number of hydrogen-bond donors (Lipinski definition) is 0. The molecule has 0 atom stereocenters. The van der Waals surface area contributed by atoms with Crippen molar-refractivity contribution >= 4 is 11.6 Å². The van der Waals surface area contributed by atoms with Gasteiger partial charge in [0.1, 0.15) is 23.5 Å². The van der Waals surface area contributed by atoms with E-state index in [1.54, 1.807) is 6.20 Å². The van der Waals surface area contributed by atoms with Crippen LogP contribution in [-0.2, 0) is 12.8 Å². The van der Waals surface area contributed by atoms with Crippen molar-refractivity contribution in [3.63, 3.8) is 0 Å². The minimum Gasteiger partial charge on any atom is -0.353 e. The molecule has 1 saturated heterocycles. The number of aryl methyl sites for hydroxylation is 2. The van der Waals surface area contributed by atoms with Crippen LogP contribution < -0.4 is 9.80 Å². The van der Waals surface area contributed by atoms with Crippen LogP contribution in [0.3, 0.4) is 0 Å². The van der Waals surface area contributed by atoms with Crippen LogP contribution in [0.2, 0.25) is 0 Å². The summed E-state index contributed by atoms with van der Waals surface area (Å²) in [5.41, 5.74) is 3.20. The van der Waals surface area contributed by atoms with Gasteiger partial charge in [-0.15, -0.1) is 0 Å². The number of aromatic nitrogens is 3. The molecule has 122 valence electrons. The highest BCUT2D eigenvalue weighted by atomic mass is 15.3. The van der Waals surface area contributed by atoms with E-state index < -0.39 is 0 Å². The lowest BCUT2D eigenvalue weighted by molar-refractivity contribution is 0.637. The average Bonchev–Trinajstić information content (AvgIpc) is 3.09. The molecule has 3 heterocycles. The molecule has 0 N–H and O–H groups in total. The van der Waals surface area contributed by atoms with Gasteiger partial charge in [0.15, 0.2) is 0 Å². The first-order chi connectivity index (χ1) is 11.7. The average molecular weight is 320 g/mol. The summed E-state index contributed by atoms with van der Waals surface area (Å²) < 4.78 is 0. The van der Waals surface area contributed by atoms with Crippen LogP contribution in [0.1, 0.15) is 29.1 Å². The lowest BCUT2D eigenvalue weighted by Crippen LogP contribution is -2.47. The Morgan fingerprint density at radius 2 is 1.83 bits per heavy atom. The van der Waals surface area contributed by atoms with Crippen LogP contribution in [0.5, 0.6) is 0 Å². The van der Waals surface area contributed by atoms with Crippen molar-refractivity contribution in [2.45, 2.75) is 26.2 Å². The minimum absolute atomic E-state index is 0.601. The van der Waals surface area contributed by atoms with E-state index in [2.05, 4.69) is 25.8 Å². The zero-order valence-electron chi connectivity index (χ0n) is 13.9. The van der Waals surface area contributed by atoms with Gasteiger partial charge in [0, 0.05) is 43.6 Å². The van der Waals surface area contributed by atoms with Crippen molar-refractivity contribution in [2.75, 3.05) is 36.0 Å². The van der Waals surface area contributed by atoms with Gasteiger partial charge in [0.25, 0.3) is 0 Å². The topological polar surface area (TPSA) is 68.9 Å². The SMILES string of the molecule is Cc1nc2c(c(N3CCN(c4ccc(C#N)cn4)CC3)n1)CCC2. The van der Waals surface area contributed by atoms with E-state index in [1.807, 2.05) is 19.1 Å². The second kappa shape index (κ2) is 6.08. The second-order valence-corrected chi connectivity index (χ2v) is 6.36. The van der Waals surface area contributed by atoms with Crippen molar-refractivity contribution in [1.29, 1.82) is 5.26 Å². The predicted molar refractivity (Wildman–Crippen MR) is 92.2 cm³/mol. The molecule has 4 rings (SSSR count). The van der Waals surface area contributed by atoms with E-state index in [1.165, 1.54) is 17.7 Å². The Labute approximate surface area is 141 Å². The van der Waals surface area contributed by atoms with Crippen LogP contribution in [0.15, 0.2) is 18.3 Å². The molecule has 0 aromatic carbocycles. The number of hydrogen-bond acceptors (Lipinski definition) is 6. The predicted octanol–water partition coefficient (Wildman–Crippen LogP) is 1.87. The van der Waals surface area contributed by atoms with E-state index >= 15 is 0 Å². The van der Waals surface area contributed by atoms with Crippen LogP contribution in [-0.4, -0.2) is 41.1 Å². The Morgan fingerprint density at radius 1 is 1.04 bits per heavy atom. The Bertz CT molecular complexity index is 784. The zero-order chi connectivity index (χ0) is 16.5. The Kier molecular flexibility index (Phi) is 3.77. The van der Waals surface area contributed by atoms with E-state index in [9.17, 15) is 0 Å². The maximum absolute atomic E-state index is 8.88. The van der Waals surface area contributed by atoms with E-state index in [0.717, 1.165) is 56.5 Å². The van der Waals surface area contributed by atoms with Gasteiger partial charge in [0.2, 0.25) is 0 Å². The summed E-state index contributed by atoms with van der Waals surface area (Å²) >= 11 is 0. The summed E-state index contributed by atoms with van der Waals surface area (Å²) in [6.45, 7) is 5.68. The van der Waals surface area contributed by atoms with Gasteiger partial charge in [-0.25, -0.2) is 15.0 Å². The third kappa shape index (κ3) is 2.67. The molecule has 6 nitrogen and oxygen atoms in total. The first kappa shape index (κ1) is 14.9. The summed E-state index contributed by atoms with van der Waals surface area (Å²) in [5.74, 6) is 2.96. The van der Waals surface area contributed by atoms with Crippen molar-refractivity contribution in [3.05, 3.63) is 41.0 Å². The zero-order valence-corrected chi connectivity index (χ0v) is 13.9. The number of pyridine rings is 1. The maximum atomic E-state index is 8.88. The number of nitrogens with zero attached hydrogens (tertiary/aromatic N) is 6. The lowest BCUT2D eigenvalue weighted by atomic mass is 10.2. The number of nitriles is 1. The van der Waals surface area contributed by atoms with Crippen LogP contribution in [0, 0.1) is 18.3 Å². The monoisotopic (exact) mass is 320 g/mol. The van der Waals surface area contributed by atoms with E-state index in [-0.39, 0.29) is 0 Å². The molecule has 2 aromatic heterocycles. The van der Waals surface area contributed by atoms with Crippen LogP contribution in [0.4, 0.5) is 11.6 Å². The summed E-state index contributed by atoms with van der Waals surface area (Å²) in [7, 11) is 0. The third-order valence-electron chi connectivity index (χ3n) is 4.80. The fraction of sp³-hybridized carbons (Fsp3) is 0.444. The van der Waals surface area contributed by atoms with Gasteiger partial charge in [-0.3, -0.25) is 0 Å². The molecule has 2 aromatic rings. The minimum atomic E-state index is 0.601. The molecule has 1 aliphatic carbocycles. The molecule has 1 fully saturated rings. The summed E-state index contributed by atoms with van der Waals surface area (Å²) in [6, 6.07) is 5.87. The highest BCUT2D eigenvalue weighted by Crippen LogP contribution is 2.29. The fourth-order valence-electron chi connectivity index (χ4n) is 3.58.